The molecule has 2 rings (SSSR count). The van der Waals surface area contributed by atoms with Gasteiger partial charge in [-0.05, 0) is 18.2 Å². The fourth-order valence-electron chi connectivity index (χ4n) is 2.04. The van der Waals surface area contributed by atoms with E-state index in [2.05, 4.69) is 5.32 Å². The minimum Gasteiger partial charge on any atom is -0.496 e. The number of allylic oxidation sites excluding steroid dienone is 2. The Bertz CT molecular complexity index is 572. The summed E-state index contributed by atoms with van der Waals surface area (Å²) in [4.78, 5) is 34.8. The van der Waals surface area contributed by atoms with Crippen LogP contribution in [0, 0.1) is 0 Å². The maximum atomic E-state index is 11.6. The lowest BCUT2D eigenvalue weighted by Crippen LogP contribution is -2.23. The summed E-state index contributed by atoms with van der Waals surface area (Å²) in [7, 11) is -8.86. The van der Waals surface area contributed by atoms with Crippen LogP contribution >= 0.6 is 15.2 Å². The molecule has 19 heavy (non-hydrogen) atoms. The molecule has 0 aromatic carbocycles. The smallest absolute Gasteiger partial charge is 0.351 e. The quantitative estimate of drug-likeness (QED) is 0.459. The van der Waals surface area contributed by atoms with Gasteiger partial charge < -0.3 is 29.6 Å². The molecule has 106 valence electrons. The van der Waals surface area contributed by atoms with E-state index in [9.17, 15) is 28.7 Å². The molecule has 0 bridgehead atoms. The first-order valence-electron chi connectivity index (χ1n) is 5.18. The van der Waals surface area contributed by atoms with Crippen LogP contribution in [0.5, 0.6) is 0 Å². The van der Waals surface area contributed by atoms with Crippen LogP contribution in [-0.4, -0.2) is 38.1 Å². The van der Waals surface area contributed by atoms with Crippen molar-refractivity contribution in [1.29, 1.82) is 0 Å². The highest BCUT2D eigenvalue weighted by Crippen LogP contribution is 2.72. The summed E-state index contributed by atoms with van der Waals surface area (Å²) in [5.41, 5.74) is 0.478. The number of fused-ring (bicyclic) bond motifs is 1. The van der Waals surface area contributed by atoms with Gasteiger partial charge in [0.2, 0.25) is 4.90 Å². The monoisotopic (exact) mass is 309 g/mol. The van der Waals surface area contributed by atoms with Crippen molar-refractivity contribution in [3.05, 3.63) is 35.3 Å². The van der Waals surface area contributed by atoms with Gasteiger partial charge in [-0.15, -0.1) is 0 Å². The molecule has 0 saturated carbocycles. The maximum absolute atomic E-state index is 11.6. The van der Waals surface area contributed by atoms with Crippen LogP contribution in [0.4, 0.5) is 0 Å². The van der Waals surface area contributed by atoms with Crippen LogP contribution in [0.3, 0.4) is 0 Å². The van der Waals surface area contributed by atoms with Gasteiger partial charge in [-0.3, -0.25) is 9.13 Å². The molecule has 1 heterocycles. The van der Waals surface area contributed by atoms with E-state index in [1.807, 2.05) is 0 Å². The van der Waals surface area contributed by atoms with Crippen molar-refractivity contribution in [2.45, 2.75) is 4.90 Å². The largest absolute Gasteiger partial charge is 0.496 e. The highest BCUT2D eigenvalue weighted by Gasteiger charge is 2.60. The Morgan fingerprint density at radius 2 is 1.79 bits per heavy atom. The molecule has 1 aliphatic carbocycles. The Balaban J connectivity index is 2.68. The van der Waals surface area contributed by atoms with Crippen LogP contribution < -0.4 is 5.32 Å². The molecule has 0 spiro atoms. The van der Waals surface area contributed by atoms with Crippen LogP contribution in [0.25, 0.3) is 0 Å². The molecule has 0 amide bonds. The van der Waals surface area contributed by atoms with Crippen molar-refractivity contribution < 1.29 is 33.4 Å². The molecule has 5 N–H and O–H groups in total. The average molecular weight is 309 g/mol. The van der Waals surface area contributed by atoms with E-state index in [4.69, 9.17) is 4.74 Å². The maximum Gasteiger partial charge on any atom is 0.351 e. The lowest BCUT2D eigenvalue weighted by Gasteiger charge is -2.26. The first-order valence-corrected chi connectivity index (χ1v) is 8.40. The second-order valence-electron chi connectivity index (χ2n) is 4.14. The molecule has 8 nitrogen and oxygen atoms in total. The van der Waals surface area contributed by atoms with Crippen molar-refractivity contribution in [1.82, 2.24) is 5.32 Å². The number of nitrogens with one attached hydrogen (secondary N) is 1. The number of ether oxygens (including phenoxy) is 1. The van der Waals surface area contributed by atoms with E-state index in [0.717, 1.165) is 12.2 Å². The van der Waals surface area contributed by atoms with Gasteiger partial charge in [0.05, 0.1) is 7.11 Å². The second kappa shape index (κ2) is 4.31. The first kappa shape index (κ1) is 14.5. The minimum absolute atomic E-state index is 0.236. The molecule has 0 aromatic rings. The standard InChI is InChI=1S/C9H13NO7P2/c1-17-8-2-3-10-7-5-9(4-6(7)8,18(11,12)13)19(14,15)16/h2,4-5,10H,3H2,1H3,(H2,11,12,13)(H2,14,15,16). The molecule has 0 fully saturated rings. The van der Waals surface area contributed by atoms with Crippen LogP contribution in [0.1, 0.15) is 0 Å². The number of hydrogen-bond acceptors (Lipinski definition) is 4. The van der Waals surface area contributed by atoms with Gasteiger partial charge >= 0.3 is 15.2 Å². The van der Waals surface area contributed by atoms with Gasteiger partial charge in [0.25, 0.3) is 0 Å². The summed E-state index contributed by atoms with van der Waals surface area (Å²) in [5.74, 6) is 0.314. The normalized spacial score (nSPS) is 21.8. The Kier molecular flexibility index (Phi) is 3.30. The van der Waals surface area contributed by atoms with E-state index < -0.39 is 20.1 Å². The van der Waals surface area contributed by atoms with Crippen LogP contribution in [0.15, 0.2) is 35.3 Å². The van der Waals surface area contributed by atoms with Crippen molar-refractivity contribution in [3.63, 3.8) is 0 Å². The van der Waals surface area contributed by atoms with Gasteiger partial charge in [-0.1, -0.05) is 0 Å². The fourth-order valence-corrected chi connectivity index (χ4v) is 4.58. The highest BCUT2D eigenvalue weighted by molar-refractivity contribution is 7.73. The third-order valence-corrected chi connectivity index (χ3v) is 6.95. The summed E-state index contributed by atoms with van der Waals surface area (Å²) in [5, 5.41) is 2.79. The van der Waals surface area contributed by atoms with Crippen molar-refractivity contribution in [2.24, 2.45) is 0 Å². The van der Waals surface area contributed by atoms with Crippen LogP contribution in [-0.2, 0) is 13.9 Å². The number of rotatable bonds is 3. The van der Waals surface area contributed by atoms with E-state index in [1.165, 1.54) is 7.11 Å². The van der Waals surface area contributed by atoms with Gasteiger partial charge in [0.15, 0.2) is 0 Å². The van der Waals surface area contributed by atoms with Crippen molar-refractivity contribution >= 4 is 15.2 Å². The zero-order valence-electron chi connectivity index (χ0n) is 9.85. The third kappa shape index (κ3) is 2.10. The topological polar surface area (TPSA) is 136 Å². The molecule has 0 radical (unpaired) electrons. The zero-order chi connectivity index (χ0) is 14.5. The SMILES string of the molecule is COC1=CCNC2=CC(P(=O)(O)O)(P(=O)(O)O)C=C21. The van der Waals surface area contributed by atoms with Crippen LogP contribution in [0.2, 0.25) is 0 Å². The molecule has 10 heteroatoms. The van der Waals surface area contributed by atoms with E-state index in [0.29, 0.717) is 12.3 Å². The third-order valence-electron chi connectivity index (χ3n) is 3.00. The average Bonchev–Trinajstić information content (AvgIpc) is 2.67. The molecule has 1 aliphatic heterocycles. The Labute approximate surface area is 108 Å². The molecule has 0 unspecified atom stereocenters. The summed E-state index contributed by atoms with van der Waals surface area (Å²) in [6, 6.07) is 0. The summed E-state index contributed by atoms with van der Waals surface area (Å²) in [6.45, 7) is 0.338. The fraction of sp³-hybridized carbons (Fsp3) is 0.333. The lowest BCUT2D eigenvalue weighted by molar-refractivity contribution is 0.297. The first-order chi connectivity index (χ1) is 8.62. The Morgan fingerprint density at radius 3 is 2.26 bits per heavy atom. The number of hydrogen-bond donors (Lipinski definition) is 5. The molecule has 0 atom stereocenters. The van der Waals surface area contributed by atoms with Gasteiger partial charge in [0, 0.05) is 17.8 Å². The van der Waals surface area contributed by atoms with Crippen molar-refractivity contribution in [3.8, 4) is 0 Å². The van der Waals surface area contributed by atoms with E-state index in [-0.39, 0.29) is 11.3 Å². The summed E-state index contributed by atoms with van der Waals surface area (Å²) < 4.78 is 28.2. The van der Waals surface area contributed by atoms with Crippen molar-refractivity contribution in [2.75, 3.05) is 13.7 Å². The summed E-state index contributed by atoms with van der Waals surface area (Å²) >= 11 is 0. The molecular formula is C9H13NO7P2. The second-order valence-corrected chi connectivity index (χ2v) is 8.15. The molecule has 2 aliphatic rings. The lowest BCUT2D eigenvalue weighted by atomic mass is 10.1. The Morgan fingerprint density at radius 1 is 1.21 bits per heavy atom. The summed E-state index contributed by atoms with van der Waals surface area (Å²) in [6.07, 6.45) is 3.37. The molecule has 0 saturated heterocycles. The van der Waals surface area contributed by atoms with Gasteiger partial charge in [-0.2, -0.15) is 0 Å². The minimum atomic E-state index is -5.11. The molecule has 0 aromatic heterocycles. The van der Waals surface area contributed by atoms with E-state index >= 15 is 0 Å². The van der Waals surface area contributed by atoms with Gasteiger partial charge in [0.1, 0.15) is 5.76 Å². The van der Waals surface area contributed by atoms with Gasteiger partial charge in [-0.25, -0.2) is 0 Å². The number of methoxy groups -OCH3 is 1. The predicted octanol–water partition coefficient (Wildman–Crippen LogP) is -0.00450. The predicted molar refractivity (Wildman–Crippen MR) is 66.1 cm³/mol. The Hall–Kier alpha value is -0.880. The zero-order valence-corrected chi connectivity index (χ0v) is 11.6. The highest BCUT2D eigenvalue weighted by atomic mass is 31.2. The molecular weight excluding hydrogens is 296 g/mol. The van der Waals surface area contributed by atoms with E-state index in [1.54, 1.807) is 6.08 Å².